The van der Waals surface area contributed by atoms with Gasteiger partial charge < -0.3 is 10.0 Å². The minimum absolute atomic E-state index is 0.267. The van der Waals surface area contributed by atoms with Crippen molar-refractivity contribution in [2.75, 3.05) is 13.1 Å². The summed E-state index contributed by atoms with van der Waals surface area (Å²) in [6.07, 6.45) is 3.70. The Kier molecular flexibility index (Phi) is 3.63. The third-order valence-corrected chi connectivity index (χ3v) is 4.30. The van der Waals surface area contributed by atoms with E-state index in [0.717, 1.165) is 31.8 Å². The molecule has 0 radical (unpaired) electrons. The van der Waals surface area contributed by atoms with Crippen LogP contribution in [0, 0.1) is 0 Å². The molecule has 0 saturated carbocycles. The van der Waals surface area contributed by atoms with Gasteiger partial charge in [0.2, 0.25) is 0 Å². The van der Waals surface area contributed by atoms with Crippen LogP contribution in [0.1, 0.15) is 48.8 Å². The first-order valence-corrected chi connectivity index (χ1v) is 7.38. The Bertz CT molecular complexity index is 657. The predicted molar refractivity (Wildman–Crippen MR) is 78.6 cm³/mol. The van der Waals surface area contributed by atoms with E-state index < -0.39 is 5.97 Å². The van der Waals surface area contributed by atoms with Gasteiger partial charge in [-0.1, -0.05) is 0 Å². The lowest BCUT2D eigenvalue weighted by Crippen LogP contribution is -2.38. The lowest BCUT2D eigenvalue weighted by atomic mass is 9.95. The van der Waals surface area contributed by atoms with Crippen LogP contribution in [0.5, 0.6) is 0 Å². The molecule has 1 aliphatic heterocycles. The van der Waals surface area contributed by atoms with E-state index in [-0.39, 0.29) is 5.56 Å². The summed E-state index contributed by atoms with van der Waals surface area (Å²) in [6, 6.07) is 3.85. The molecule has 3 heterocycles. The number of aromatic carboxylic acids is 1. The van der Waals surface area contributed by atoms with E-state index in [4.69, 9.17) is 5.11 Å². The Morgan fingerprint density at radius 2 is 2.00 bits per heavy atom. The molecule has 112 valence electrons. The van der Waals surface area contributed by atoms with Gasteiger partial charge >= 0.3 is 5.97 Å². The van der Waals surface area contributed by atoms with Gasteiger partial charge in [0.25, 0.3) is 0 Å². The second-order valence-corrected chi connectivity index (χ2v) is 5.91. The summed E-state index contributed by atoms with van der Waals surface area (Å²) in [4.78, 5) is 13.6. The molecule has 21 heavy (non-hydrogen) atoms. The Morgan fingerprint density at radius 1 is 1.29 bits per heavy atom. The Labute approximate surface area is 123 Å². The molecule has 0 amide bonds. The summed E-state index contributed by atoms with van der Waals surface area (Å²) in [5, 5.41) is 17.6. The molecule has 0 aromatic carbocycles. The van der Waals surface area contributed by atoms with Crippen LogP contribution in [0.2, 0.25) is 0 Å². The van der Waals surface area contributed by atoms with Crippen LogP contribution >= 0.6 is 0 Å². The van der Waals surface area contributed by atoms with Crippen molar-refractivity contribution in [1.29, 1.82) is 0 Å². The van der Waals surface area contributed by atoms with Gasteiger partial charge in [-0.05, 0) is 51.9 Å². The summed E-state index contributed by atoms with van der Waals surface area (Å²) in [7, 11) is 0. The van der Waals surface area contributed by atoms with Gasteiger partial charge in [-0.2, -0.15) is 0 Å². The molecule has 0 spiro atoms. The molecule has 6 nitrogen and oxygen atoms in total. The molecule has 2 aromatic rings. The van der Waals surface area contributed by atoms with Gasteiger partial charge in [-0.3, -0.25) is 4.40 Å². The number of likely N-dealkylation sites (tertiary alicyclic amines) is 1. The average Bonchev–Trinajstić information content (AvgIpc) is 2.90. The first-order chi connectivity index (χ1) is 10.1. The van der Waals surface area contributed by atoms with Crippen LogP contribution in [0.25, 0.3) is 5.65 Å². The highest BCUT2D eigenvalue weighted by Gasteiger charge is 2.25. The predicted octanol–water partition coefficient (Wildman–Crippen LogP) is 2.02. The van der Waals surface area contributed by atoms with Crippen molar-refractivity contribution < 1.29 is 9.90 Å². The van der Waals surface area contributed by atoms with E-state index >= 15 is 0 Å². The van der Waals surface area contributed by atoms with Crippen molar-refractivity contribution in [2.24, 2.45) is 0 Å². The molecular weight excluding hydrogens is 268 g/mol. The summed E-state index contributed by atoms with van der Waals surface area (Å²) in [5.41, 5.74) is 0.976. The second-order valence-electron chi connectivity index (χ2n) is 5.91. The van der Waals surface area contributed by atoms with E-state index in [2.05, 4.69) is 28.9 Å². The van der Waals surface area contributed by atoms with Crippen LogP contribution in [-0.2, 0) is 0 Å². The molecule has 1 saturated heterocycles. The fraction of sp³-hybridized carbons (Fsp3) is 0.533. The van der Waals surface area contributed by atoms with Gasteiger partial charge in [0.1, 0.15) is 5.82 Å². The maximum atomic E-state index is 11.1. The number of hydrogen-bond acceptors (Lipinski definition) is 4. The van der Waals surface area contributed by atoms with Crippen molar-refractivity contribution in [3.63, 3.8) is 0 Å². The number of hydrogen-bond donors (Lipinski definition) is 1. The number of carboxylic acid groups (broad SMARTS) is 1. The van der Waals surface area contributed by atoms with Gasteiger partial charge in [0, 0.05) is 18.2 Å². The molecule has 6 heteroatoms. The van der Waals surface area contributed by atoms with E-state index in [1.54, 1.807) is 18.3 Å². The van der Waals surface area contributed by atoms with Crippen LogP contribution in [0.15, 0.2) is 18.3 Å². The minimum Gasteiger partial charge on any atom is -0.478 e. The number of rotatable bonds is 3. The summed E-state index contributed by atoms with van der Waals surface area (Å²) in [5.74, 6) is 0.307. The van der Waals surface area contributed by atoms with Crippen LogP contribution in [-0.4, -0.2) is 49.7 Å². The SMILES string of the molecule is CC(C)N1CCC(c2nnc3ccc(C(=O)O)cn23)CC1. The average molecular weight is 288 g/mol. The maximum absolute atomic E-state index is 11.1. The lowest BCUT2D eigenvalue weighted by Gasteiger charge is -2.33. The topological polar surface area (TPSA) is 70.7 Å². The van der Waals surface area contributed by atoms with Gasteiger partial charge in [-0.25, -0.2) is 4.79 Å². The quantitative estimate of drug-likeness (QED) is 0.935. The molecule has 3 rings (SSSR count). The zero-order valence-corrected chi connectivity index (χ0v) is 12.4. The smallest absolute Gasteiger partial charge is 0.337 e. The van der Waals surface area contributed by atoms with E-state index in [9.17, 15) is 4.79 Å². The summed E-state index contributed by atoms with van der Waals surface area (Å²) in [6.45, 7) is 6.53. The normalized spacial score (nSPS) is 17.7. The fourth-order valence-corrected chi connectivity index (χ4v) is 2.99. The number of carbonyl (C=O) groups is 1. The molecule has 0 bridgehead atoms. The zero-order chi connectivity index (χ0) is 15.0. The second kappa shape index (κ2) is 5.44. The maximum Gasteiger partial charge on any atom is 0.337 e. The third kappa shape index (κ3) is 2.63. The molecule has 2 aromatic heterocycles. The monoisotopic (exact) mass is 288 g/mol. The number of pyridine rings is 1. The van der Waals surface area contributed by atoms with Gasteiger partial charge in [0.15, 0.2) is 5.65 Å². The van der Waals surface area contributed by atoms with Crippen LogP contribution in [0.3, 0.4) is 0 Å². The van der Waals surface area contributed by atoms with Crippen LogP contribution in [0.4, 0.5) is 0 Å². The van der Waals surface area contributed by atoms with Crippen LogP contribution < -0.4 is 0 Å². The summed E-state index contributed by atoms with van der Waals surface area (Å²) >= 11 is 0. The van der Waals surface area contributed by atoms with E-state index in [1.807, 2.05) is 4.40 Å². The molecule has 0 aliphatic carbocycles. The zero-order valence-electron chi connectivity index (χ0n) is 12.4. The van der Waals surface area contributed by atoms with E-state index in [0.29, 0.717) is 17.6 Å². The van der Waals surface area contributed by atoms with E-state index in [1.165, 1.54) is 0 Å². The highest BCUT2D eigenvalue weighted by molar-refractivity contribution is 5.87. The Morgan fingerprint density at radius 3 is 2.62 bits per heavy atom. The third-order valence-electron chi connectivity index (χ3n) is 4.30. The fourth-order valence-electron chi connectivity index (χ4n) is 2.99. The molecule has 0 atom stereocenters. The van der Waals surface area contributed by atoms with Gasteiger partial charge in [0.05, 0.1) is 5.56 Å². The Balaban J connectivity index is 1.87. The van der Waals surface area contributed by atoms with Crippen molar-refractivity contribution in [3.8, 4) is 0 Å². The number of aromatic nitrogens is 3. The number of nitrogens with zero attached hydrogens (tertiary/aromatic N) is 4. The molecule has 1 fully saturated rings. The number of fused-ring (bicyclic) bond motifs is 1. The number of piperidine rings is 1. The highest BCUT2D eigenvalue weighted by atomic mass is 16.4. The minimum atomic E-state index is -0.925. The van der Waals surface area contributed by atoms with Crippen molar-refractivity contribution in [1.82, 2.24) is 19.5 Å². The standard InChI is InChI=1S/C15H20N4O2/c1-10(2)18-7-5-11(6-8-18)14-17-16-13-4-3-12(15(20)21)9-19(13)14/h3-4,9-11H,5-8H2,1-2H3,(H,20,21). The van der Waals surface area contributed by atoms with Crippen molar-refractivity contribution in [2.45, 2.75) is 38.6 Å². The largest absolute Gasteiger partial charge is 0.478 e. The number of carboxylic acids is 1. The van der Waals surface area contributed by atoms with Crippen molar-refractivity contribution >= 4 is 11.6 Å². The molecular formula is C15H20N4O2. The first-order valence-electron chi connectivity index (χ1n) is 7.38. The first kappa shape index (κ1) is 14.0. The Hall–Kier alpha value is -1.95. The summed E-state index contributed by atoms with van der Waals surface area (Å²) < 4.78 is 1.83. The van der Waals surface area contributed by atoms with Crippen molar-refractivity contribution in [3.05, 3.63) is 29.7 Å². The molecule has 1 N–H and O–H groups in total. The molecule has 1 aliphatic rings. The van der Waals surface area contributed by atoms with Gasteiger partial charge in [-0.15, -0.1) is 10.2 Å². The molecule has 0 unspecified atom stereocenters. The highest BCUT2D eigenvalue weighted by Crippen LogP contribution is 2.28. The lowest BCUT2D eigenvalue weighted by molar-refractivity contribution is 0.0696.